The van der Waals surface area contributed by atoms with Crippen LogP contribution in [0.25, 0.3) is 0 Å². The molecule has 0 bridgehead atoms. The molecule has 1 saturated carbocycles. The van der Waals surface area contributed by atoms with Gasteiger partial charge in [-0.05, 0) is 31.4 Å². The van der Waals surface area contributed by atoms with Crippen molar-refractivity contribution < 1.29 is 4.79 Å². The molecule has 3 N–H and O–H groups in total. The molecule has 1 amide bonds. The first-order valence-corrected chi connectivity index (χ1v) is 7.41. The number of amides is 1. The Hall–Kier alpha value is -1.38. The van der Waals surface area contributed by atoms with E-state index in [9.17, 15) is 4.79 Å². The topological polar surface area (TPSA) is 78.4 Å². The van der Waals surface area contributed by atoms with E-state index in [1.165, 1.54) is 0 Å². The van der Waals surface area contributed by atoms with Crippen LogP contribution in [-0.2, 0) is 11.3 Å². The van der Waals surface area contributed by atoms with Crippen molar-refractivity contribution in [2.45, 2.75) is 38.3 Å². The molecule has 22 heavy (non-hydrogen) atoms. The van der Waals surface area contributed by atoms with E-state index in [1.807, 2.05) is 18.2 Å². The standard InChI is InChI=1S/C15H23N5O.HI/c1-16-15(19-11-13-5-2-3-9-17-13)18-10-4-6-14(21)20-12-7-8-12;/h2-3,5,9,12H,4,6-8,10-11H2,1H3,(H,20,21)(H2,16,18,19);1H. The molecule has 1 fully saturated rings. The minimum Gasteiger partial charge on any atom is -0.356 e. The molecule has 1 aromatic heterocycles. The van der Waals surface area contributed by atoms with Crippen molar-refractivity contribution in [1.29, 1.82) is 0 Å². The Morgan fingerprint density at radius 2 is 2.18 bits per heavy atom. The van der Waals surface area contributed by atoms with Gasteiger partial charge in [-0.3, -0.25) is 14.8 Å². The van der Waals surface area contributed by atoms with E-state index in [1.54, 1.807) is 13.2 Å². The molecule has 0 radical (unpaired) electrons. The van der Waals surface area contributed by atoms with Crippen LogP contribution in [0.3, 0.4) is 0 Å². The second-order valence-corrected chi connectivity index (χ2v) is 5.12. The van der Waals surface area contributed by atoms with Gasteiger partial charge in [-0.1, -0.05) is 6.07 Å². The molecule has 1 aromatic rings. The van der Waals surface area contributed by atoms with Crippen molar-refractivity contribution in [2.75, 3.05) is 13.6 Å². The van der Waals surface area contributed by atoms with Crippen LogP contribution >= 0.6 is 24.0 Å². The zero-order chi connectivity index (χ0) is 14.9. The Morgan fingerprint density at radius 1 is 1.36 bits per heavy atom. The lowest BCUT2D eigenvalue weighted by Crippen LogP contribution is -2.37. The Morgan fingerprint density at radius 3 is 2.82 bits per heavy atom. The van der Waals surface area contributed by atoms with Crippen LogP contribution in [0.4, 0.5) is 0 Å². The molecule has 1 aliphatic rings. The summed E-state index contributed by atoms with van der Waals surface area (Å²) in [6, 6.07) is 6.25. The van der Waals surface area contributed by atoms with Gasteiger partial charge in [0.15, 0.2) is 5.96 Å². The summed E-state index contributed by atoms with van der Waals surface area (Å²) in [7, 11) is 1.73. The highest BCUT2D eigenvalue weighted by atomic mass is 127. The van der Waals surface area contributed by atoms with Crippen molar-refractivity contribution in [2.24, 2.45) is 4.99 Å². The summed E-state index contributed by atoms with van der Waals surface area (Å²) in [6.07, 6.45) is 5.39. The molecule has 0 saturated heterocycles. The van der Waals surface area contributed by atoms with Gasteiger partial charge in [0.05, 0.1) is 12.2 Å². The van der Waals surface area contributed by atoms with Crippen molar-refractivity contribution >= 4 is 35.8 Å². The lowest BCUT2D eigenvalue weighted by atomic mass is 10.3. The SMILES string of the molecule is CN=C(NCCCC(=O)NC1CC1)NCc1ccccn1.I. The van der Waals surface area contributed by atoms with Gasteiger partial charge in [-0.2, -0.15) is 0 Å². The third-order valence-electron chi connectivity index (χ3n) is 3.20. The molecule has 7 heteroatoms. The van der Waals surface area contributed by atoms with Gasteiger partial charge in [-0.25, -0.2) is 0 Å². The number of carbonyl (C=O) groups is 1. The number of aromatic nitrogens is 1. The molecule has 0 aromatic carbocycles. The van der Waals surface area contributed by atoms with E-state index >= 15 is 0 Å². The first-order chi connectivity index (χ1) is 10.3. The fraction of sp³-hybridized carbons (Fsp3) is 0.533. The molecular weight excluding hydrogens is 393 g/mol. The van der Waals surface area contributed by atoms with E-state index in [4.69, 9.17) is 0 Å². The van der Waals surface area contributed by atoms with Crippen LogP contribution in [0.5, 0.6) is 0 Å². The second-order valence-electron chi connectivity index (χ2n) is 5.12. The monoisotopic (exact) mass is 417 g/mol. The largest absolute Gasteiger partial charge is 0.356 e. The fourth-order valence-corrected chi connectivity index (χ4v) is 1.88. The molecule has 0 aliphatic heterocycles. The average molecular weight is 417 g/mol. The lowest BCUT2D eigenvalue weighted by Gasteiger charge is -2.11. The number of guanidine groups is 1. The fourth-order valence-electron chi connectivity index (χ4n) is 1.88. The number of carbonyl (C=O) groups excluding carboxylic acids is 1. The van der Waals surface area contributed by atoms with Crippen molar-refractivity contribution in [3.05, 3.63) is 30.1 Å². The van der Waals surface area contributed by atoms with Crippen LogP contribution in [0.2, 0.25) is 0 Å². The van der Waals surface area contributed by atoms with E-state index in [0.29, 0.717) is 19.0 Å². The zero-order valence-electron chi connectivity index (χ0n) is 12.8. The minimum absolute atomic E-state index is 0. The van der Waals surface area contributed by atoms with Crippen molar-refractivity contribution in [3.8, 4) is 0 Å². The Balaban J connectivity index is 0.00000242. The van der Waals surface area contributed by atoms with Crippen LogP contribution < -0.4 is 16.0 Å². The van der Waals surface area contributed by atoms with Gasteiger partial charge in [0, 0.05) is 32.3 Å². The summed E-state index contributed by atoms with van der Waals surface area (Å²) in [5.41, 5.74) is 0.962. The number of rotatable bonds is 7. The summed E-state index contributed by atoms with van der Waals surface area (Å²) in [5.74, 6) is 0.874. The summed E-state index contributed by atoms with van der Waals surface area (Å²) < 4.78 is 0. The number of aliphatic imine (C=N–C) groups is 1. The number of hydrogen-bond acceptors (Lipinski definition) is 3. The first kappa shape index (κ1) is 18.7. The molecule has 2 rings (SSSR count). The van der Waals surface area contributed by atoms with Gasteiger partial charge in [0.1, 0.15) is 0 Å². The number of nitrogens with zero attached hydrogens (tertiary/aromatic N) is 2. The van der Waals surface area contributed by atoms with Crippen LogP contribution in [-0.4, -0.2) is 36.5 Å². The maximum atomic E-state index is 11.5. The van der Waals surface area contributed by atoms with E-state index < -0.39 is 0 Å². The second kappa shape index (κ2) is 10.4. The predicted octanol–water partition coefficient (Wildman–Crippen LogP) is 1.42. The van der Waals surface area contributed by atoms with Crippen LogP contribution in [0.1, 0.15) is 31.4 Å². The molecule has 0 atom stereocenters. The molecule has 122 valence electrons. The maximum Gasteiger partial charge on any atom is 0.220 e. The Bertz CT molecular complexity index is 476. The normalized spacial score (nSPS) is 14.0. The van der Waals surface area contributed by atoms with Crippen molar-refractivity contribution in [3.63, 3.8) is 0 Å². The quantitative estimate of drug-likeness (QED) is 0.272. The van der Waals surface area contributed by atoms with Gasteiger partial charge in [0.2, 0.25) is 5.91 Å². The van der Waals surface area contributed by atoms with E-state index in [-0.39, 0.29) is 29.9 Å². The molecule has 6 nitrogen and oxygen atoms in total. The Kier molecular flexibility index (Phi) is 8.79. The number of hydrogen-bond donors (Lipinski definition) is 3. The van der Waals surface area contributed by atoms with Crippen molar-refractivity contribution in [1.82, 2.24) is 20.9 Å². The van der Waals surface area contributed by atoms with Crippen LogP contribution in [0, 0.1) is 0 Å². The van der Waals surface area contributed by atoms with Gasteiger partial charge in [-0.15, -0.1) is 24.0 Å². The summed E-state index contributed by atoms with van der Waals surface area (Å²) in [4.78, 5) is 19.9. The highest BCUT2D eigenvalue weighted by Crippen LogP contribution is 2.18. The van der Waals surface area contributed by atoms with Gasteiger partial charge in [0.25, 0.3) is 0 Å². The average Bonchev–Trinajstić information content (AvgIpc) is 3.31. The molecule has 0 unspecified atom stereocenters. The molecule has 1 aliphatic carbocycles. The molecular formula is C15H24IN5O. The number of halogens is 1. The zero-order valence-corrected chi connectivity index (χ0v) is 15.2. The third-order valence-corrected chi connectivity index (χ3v) is 3.20. The smallest absolute Gasteiger partial charge is 0.220 e. The molecule has 1 heterocycles. The lowest BCUT2D eigenvalue weighted by molar-refractivity contribution is -0.121. The highest BCUT2D eigenvalue weighted by Gasteiger charge is 2.22. The highest BCUT2D eigenvalue weighted by molar-refractivity contribution is 14.0. The third kappa shape index (κ3) is 7.58. The number of pyridine rings is 1. The van der Waals surface area contributed by atoms with Crippen LogP contribution in [0.15, 0.2) is 29.4 Å². The minimum atomic E-state index is 0. The van der Waals surface area contributed by atoms with Gasteiger partial charge >= 0.3 is 0 Å². The van der Waals surface area contributed by atoms with E-state index in [2.05, 4.69) is 25.9 Å². The summed E-state index contributed by atoms with van der Waals surface area (Å²) in [5, 5.41) is 9.37. The maximum absolute atomic E-state index is 11.5. The predicted molar refractivity (Wildman–Crippen MR) is 98.3 cm³/mol. The Labute approximate surface area is 148 Å². The van der Waals surface area contributed by atoms with Gasteiger partial charge < -0.3 is 16.0 Å². The first-order valence-electron chi connectivity index (χ1n) is 7.41. The summed E-state index contributed by atoms with van der Waals surface area (Å²) in [6.45, 7) is 1.35. The molecule has 0 spiro atoms. The van der Waals surface area contributed by atoms with E-state index in [0.717, 1.165) is 37.5 Å². The summed E-state index contributed by atoms with van der Waals surface area (Å²) >= 11 is 0. The number of nitrogens with one attached hydrogen (secondary N) is 3.